The molecule has 2 aromatic heterocycles. The van der Waals surface area contributed by atoms with Crippen LogP contribution in [0.15, 0.2) is 53.7 Å². The zero-order chi connectivity index (χ0) is 27.9. The van der Waals surface area contributed by atoms with Gasteiger partial charge in [-0.1, -0.05) is 26.8 Å². The van der Waals surface area contributed by atoms with Gasteiger partial charge in [0.15, 0.2) is 21.3 Å². The van der Waals surface area contributed by atoms with Crippen LogP contribution in [0.2, 0.25) is 0 Å². The van der Waals surface area contributed by atoms with Gasteiger partial charge in [0.1, 0.15) is 0 Å². The molecule has 0 aliphatic carbocycles. The quantitative estimate of drug-likeness (QED) is 0.437. The van der Waals surface area contributed by atoms with Crippen molar-refractivity contribution in [2.75, 3.05) is 5.75 Å². The number of carbonyl (C=O) groups is 1. The molecule has 3 aromatic rings. The molecule has 1 amide bonds. The number of hydrogen-bond donors (Lipinski definition) is 1. The molecule has 1 unspecified atom stereocenters. The zero-order valence-corrected chi connectivity index (χ0v) is 22.5. The number of nitrogens with zero attached hydrogens (tertiary/aromatic N) is 3. The number of alkyl halides is 2. The van der Waals surface area contributed by atoms with Gasteiger partial charge in [-0.2, -0.15) is 0 Å². The summed E-state index contributed by atoms with van der Waals surface area (Å²) in [4.78, 5) is 24.0. The maximum absolute atomic E-state index is 13.4. The van der Waals surface area contributed by atoms with E-state index in [2.05, 4.69) is 43.5 Å². The molecule has 0 spiro atoms. The highest BCUT2D eigenvalue weighted by atomic mass is 32.2. The predicted molar refractivity (Wildman–Crippen MR) is 137 cm³/mol. The second-order valence-corrected chi connectivity index (χ2v) is 12.2. The molecule has 0 fully saturated rings. The van der Waals surface area contributed by atoms with Crippen LogP contribution in [0.5, 0.6) is 11.5 Å². The third kappa shape index (κ3) is 5.57. The Bertz CT molecular complexity index is 1510. The summed E-state index contributed by atoms with van der Waals surface area (Å²) in [5.41, 5.74) is 3.51. The highest BCUT2D eigenvalue weighted by Crippen LogP contribution is 2.43. The summed E-state index contributed by atoms with van der Waals surface area (Å²) in [5, 5.41) is 2.80. The van der Waals surface area contributed by atoms with Gasteiger partial charge in [0, 0.05) is 25.5 Å². The lowest BCUT2D eigenvalue weighted by Crippen LogP contribution is -2.26. The van der Waals surface area contributed by atoms with Crippen LogP contribution in [0.4, 0.5) is 8.78 Å². The minimum absolute atomic E-state index is 0.00308. The smallest absolute Gasteiger partial charge is 0.395 e. The average Bonchev–Trinajstić information content (AvgIpc) is 3.41. The second-order valence-electron chi connectivity index (χ2n) is 9.88. The normalized spacial score (nSPS) is 17.8. The molecule has 4 heterocycles. The molecule has 0 saturated heterocycles. The van der Waals surface area contributed by atoms with Gasteiger partial charge in [-0.15, -0.1) is 8.78 Å². The van der Waals surface area contributed by atoms with Crippen molar-refractivity contribution in [1.82, 2.24) is 20.2 Å². The summed E-state index contributed by atoms with van der Waals surface area (Å²) < 4.78 is 59.9. The van der Waals surface area contributed by atoms with E-state index in [1.807, 2.05) is 6.07 Å². The van der Waals surface area contributed by atoms with Crippen molar-refractivity contribution in [3.8, 4) is 11.5 Å². The standard InChI is InChI=1S/C27H28F2N4O5S/c1-4-39(35,36)21-7-6-20(30-13-21)12-32-26(34)18-10-19-15-33(25(16(2)3)24(19)31-11-18)14-17-5-8-22-23(9-17)38-27(28,29)37-22/h5-11,13,16,25H,4,12,14-15H2,1-3H3,(H,32,34). The van der Waals surface area contributed by atoms with E-state index < -0.39 is 16.1 Å². The molecule has 9 nitrogen and oxygen atoms in total. The van der Waals surface area contributed by atoms with E-state index in [-0.39, 0.29) is 46.6 Å². The van der Waals surface area contributed by atoms with Gasteiger partial charge >= 0.3 is 6.29 Å². The highest BCUT2D eigenvalue weighted by Gasteiger charge is 2.43. The van der Waals surface area contributed by atoms with Crippen molar-refractivity contribution >= 4 is 15.7 Å². The van der Waals surface area contributed by atoms with Gasteiger partial charge < -0.3 is 14.8 Å². The average molecular weight is 559 g/mol. The van der Waals surface area contributed by atoms with E-state index >= 15 is 0 Å². The first-order chi connectivity index (χ1) is 18.5. The maximum atomic E-state index is 13.4. The Morgan fingerprint density at radius 3 is 2.59 bits per heavy atom. The van der Waals surface area contributed by atoms with Crippen LogP contribution >= 0.6 is 0 Å². The van der Waals surface area contributed by atoms with Crippen LogP contribution in [0.25, 0.3) is 0 Å². The SMILES string of the molecule is CCS(=O)(=O)c1ccc(CNC(=O)c2cnc3c(c2)CN(Cc2ccc4c(c2)OC(F)(F)O4)C3C(C)C)nc1. The molecule has 206 valence electrons. The molecule has 2 aliphatic rings. The van der Waals surface area contributed by atoms with E-state index in [0.29, 0.717) is 24.3 Å². The van der Waals surface area contributed by atoms with Crippen LogP contribution in [0.3, 0.4) is 0 Å². The molecule has 1 atom stereocenters. The van der Waals surface area contributed by atoms with Crippen molar-refractivity contribution in [3.63, 3.8) is 0 Å². The van der Waals surface area contributed by atoms with Crippen molar-refractivity contribution in [2.45, 2.75) is 57.6 Å². The summed E-state index contributed by atoms with van der Waals surface area (Å²) in [7, 11) is -3.34. The fourth-order valence-corrected chi connectivity index (χ4v) is 5.71. The van der Waals surface area contributed by atoms with Crippen molar-refractivity contribution < 1.29 is 31.5 Å². The van der Waals surface area contributed by atoms with Gasteiger partial charge in [-0.05, 0) is 47.4 Å². The first-order valence-corrected chi connectivity index (χ1v) is 14.2. The molecular formula is C27H28F2N4O5S. The molecule has 0 radical (unpaired) electrons. The predicted octanol–water partition coefficient (Wildman–Crippen LogP) is 4.23. The number of sulfone groups is 1. The fraction of sp³-hybridized carbons (Fsp3) is 0.370. The summed E-state index contributed by atoms with van der Waals surface area (Å²) in [5.74, 6) is -0.122. The zero-order valence-electron chi connectivity index (χ0n) is 21.6. The molecule has 0 bridgehead atoms. The van der Waals surface area contributed by atoms with Crippen LogP contribution in [0, 0.1) is 5.92 Å². The minimum atomic E-state index is -3.67. The number of benzene rings is 1. The summed E-state index contributed by atoms with van der Waals surface area (Å²) in [6, 6.07) is 9.62. The van der Waals surface area contributed by atoms with E-state index in [4.69, 9.17) is 0 Å². The molecule has 0 saturated carbocycles. The number of hydrogen-bond acceptors (Lipinski definition) is 8. The molecular weight excluding hydrogens is 530 g/mol. The lowest BCUT2D eigenvalue weighted by molar-refractivity contribution is -0.286. The first kappa shape index (κ1) is 26.9. The third-order valence-electron chi connectivity index (χ3n) is 6.76. The number of fused-ring (bicyclic) bond motifs is 2. The fourth-order valence-electron chi connectivity index (χ4n) is 4.89. The lowest BCUT2D eigenvalue weighted by atomic mass is 9.99. The topological polar surface area (TPSA) is 111 Å². The van der Waals surface area contributed by atoms with Gasteiger partial charge in [0.05, 0.1) is 40.2 Å². The highest BCUT2D eigenvalue weighted by molar-refractivity contribution is 7.91. The van der Waals surface area contributed by atoms with Gasteiger partial charge in [-0.25, -0.2) is 8.42 Å². The molecule has 12 heteroatoms. The number of pyridine rings is 2. The number of amides is 1. The van der Waals surface area contributed by atoms with Crippen LogP contribution in [0.1, 0.15) is 59.7 Å². The Morgan fingerprint density at radius 1 is 1.13 bits per heavy atom. The Balaban J connectivity index is 1.27. The van der Waals surface area contributed by atoms with E-state index in [0.717, 1.165) is 16.8 Å². The lowest BCUT2D eigenvalue weighted by Gasteiger charge is -2.27. The largest absolute Gasteiger partial charge is 0.586 e. The minimum Gasteiger partial charge on any atom is -0.395 e. The van der Waals surface area contributed by atoms with E-state index in [1.165, 1.54) is 18.3 Å². The van der Waals surface area contributed by atoms with Crippen LogP contribution in [-0.2, 0) is 29.5 Å². The van der Waals surface area contributed by atoms with Crippen molar-refractivity contribution in [1.29, 1.82) is 0 Å². The maximum Gasteiger partial charge on any atom is 0.586 e. The number of carbonyl (C=O) groups excluding carboxylic acids is 1. The van der Waals surface area contributed by atoms with Gasteiger partial charge in [-0.3, -0.25) is 19.7 Å². The summed E-state index contributed by atoms with van der Waals surface area (Å²) in [6.45, 7) is 6.87. The first-order valence-electron chi connectivity index (χ1n) is 12.5. The van der Waals surface area contributed by atoms with Crippen LogP contribution in [-0.4, -0.2) is 41.2 Å². The van der Waals surface area contributed by atoms with E-state index in [1.54, 1.807) is 31.3 Å². The Hall–Kier alpha value is -3.64. The number of nitrogens with one attached hydrogen (secondary N) is 1. The van der Waals surface area contributed by atoms with E-state index in [9.17, 15) is 22.0 Å². The number of ether oxygens (including phenoxy) is 2. The monoisotopic (exact) mass is 558 g/mol. The third-order valence-corrected chi connectivity index (χ3v) is 8.48. The van der Waals surface area contributed by atoms with Gasteiger partial charge in [0.2, 0.25) is 0 Å². The molecule has 5 rings (SSSR count). The molecule has 1 N–H and O–H groups in total. The van der Waals surface area contributed by atoms with Gasteiger partial charge in [0.25, 0.3) is 5.91 Å². The second kappa shape index (κ2) is 10.2. The number of rotatable bonds is 8. The summed E-state index contributed by atoms with van der Waals surface area (Å²) >= 11 is 0. The van der Waals surface area contributed by atoms with Crippen LogP contribution < -0.4 is 14.8 Å². The van der Waals surface area contributed by atoms with Crippen molar-refractivity contribution in [2.24, 2.45) is 5.92 Å². The Labute approximate surface area is 225 Å². The van der Waals surface area contributed by atoms with Crippen molar-refractivity contribution in [3.05, 3.63) is 76.9 Å². The molecule has 2 aliphatic heterocycles. The number of aromatic nitrogens is 2. The molecule has 39 heavy (non-hydrogen) atoms. The number of halogens is 2. The summed E-state index contributed by atoms with van der Waals surface area (Å²) in [6.07, 6.45) is -0.828. The Morgan fingerprint density at radius 2 is 1.90 bits per heavy atom. The Kier molecular flexibility index (Phi) is 7.02. The molecule has 1 aromatic carbocycles.